The van der Waals surface area contributed by atoms with Crippen molar-refractivity contribution in [2.75, 3.05) is 5.73 Å². The Bertz CT molecular complexity index is 1370. The maximum absolute atomic E-state index is 14.8. The molecule has 0 saturated carbocycles. The standard InChI is InChI=1S/C22H19FN6/c1-13-19-21(24)25-12-26-22(19)29(27-13)14(2)17-11-15-7-5-6-10-28(15)20(17)16-8-3-4-9-18(16)23/h3-12,14H,1-2H3,(H2,24,25,26). The third-order valence-electron chi connectivity index (χ3n) is 5.35. The van der Waals surface area contributed by atoms with Crippen LogP contribution in [0.3, 0.4) is 0 Å². The summed E-state index contributed by atoms with van der Waals surface area (Å²) >= 11 is 0. The van der Waals surface area contributed by atoms with Crippen LogP contribution in [0.4, 0.5) is 10.2 Å². The van der Waals surface area contributed by atoms with Crippen LogP contribution in [0.5, 0.6) is 0 Å². The van der Waals surface area contributed by atoms with Gasteiger partial charge in [-0.2, -0.15) is 5.10 Å². The highest BCUT2D eigenvalue weighted by Crippen LogP contribution is 2.36. The summed E-state index contributed by atoms with van der Waals surface area (Å²) in [5.74, 6) is 0.139. The second kappa shape index (κ2) is 6.41. The number of halogens is 1. The lowest BCUT2D eigenvalue weighted by molar-refractivity contribution is 0.575. The van der Waals surface area contributed by atoms with Gasteiger partial charge in [-0.3, -0.25) is 0 Å². The van der Waals surface area contributed by atoms with Gasteiger partial charge >= 0.3 is 0 Å². The van der Waals surface area contributed by atoms with E-state index in [-0.39, 0.29) is 11.9 Å². The molecule has 4 heterocycles. The van der Waals surface area contributed by atoms with Gasteiger partial charge in [0.25, 0.3) is 0 Å². The number of nitrogens with two attached hydrogens (primary N) is 1. The minimum Gasteiger partial charge on any atom is -0.383 e. The molecule has 1 atom stereocenters. The molecule has 0 saturated heterocycles. The summed E-state index contributed by atoms with van der Waals surface area (Å²) in [6.45, 7) is 3.92. The molecule has 4 aromatic heterocycles. The van der Waals surface area contributed by atoms with Gasteiger partial charge in [-0.05, 0) is 44.2 Å². The normalized spacial score (nSPS) is 12.7. The van der Waals surface area contributed by atoms with Crippen LogP contribution in [-0.4, -0.2) is 24.1 Å². The van der Waals surface area contributed by atoms with Crippen molar-refractivity contribution in [3.63, 3.8) is 0 Å². The van der Waals surface area contributed by atoms with Crippen LogP contribution in [0, 0.1) is 12.7 Å². The van der Waals surface area contributed by atoms with Crippen LogP contribution in [0.25, 0.3) is 27.8 Å². The molecule has 0 aliphatic carbocycles. The fraction of sp³-hybridized carbons (Fsp3) is 0.136. The zero-order chi connectivity index (χ0) is 20.1. The number of aryl methyl sites for hydroxylation is 1. The van der Waals surface area contributed by atoms with E-state index in [0.717, 1.165) is 27.9 Å². The van der Waals surface area contributed by atoms with Gasteiger partial charge in [0.1, 0.15) is 18.0 Å². The smallest absolute Gasteiger partial charge is 0.164 e. The van der Waals surface area contributed by atoms with Crippen LogP contribution in [-0.2, 0) is 0 Å². The van der Waals surface area contributed by atoms with Gasteiger partial charge in [-0.1, -0.05) is 18.2 Å². The lowest BCUT2D eigenvalue weighted by Crippen LogP contribution is -2.10. The summed E-state index contributed by atoms with van der Waals surface area (Å²) in [7, 11) is 0. The quantitative estimate of drug-likeness (QED) is 0.499. The summed E-state index contributed by atoms with van der Waals surface area (Å²) in [6.07, 6.45) is 3.38. The molecule has 5 rings (SSSR count). The lowest BCUT2D eigenvalue weighted by Gasteiger charge is -2.15. The van der Waals surface area contributed by atoms with Gasteiger partial charge in [0, 0.05) is 22.8 Å². The van der Waals surface area contributed by atoms with E-state index < -0.39 is 0 Å². The molecule has 0 radical (unpaired) electrons. The largest absolute Gasteiger partial charge is 0.383 e. The van der Waals surface area contributed by atoms with Gasteiger partial charge in [0.15, 0.2) is 5.65 Å². The van der Waals surface area contributed by atoms with Crippen LogP contribution >= 0.6 is 0 Å². The fourth-order valence-electron chi connectivity index (χ4n) is 3.97. The SMILES string of the molecule is Cc1nn(C(C)c2cc3ccccn3c2-c2ccccc2F)c2ncnc(N)c12. The minimum atomic E-state index is -0.266. The molecule has 2 N–H and O–H groups in total. The Labute approximate surface area is 166 Å². The Morgan fingerprint density at radius 3 is 2.69 bits per heavy atom. The Morgan fingerprint density at radius 1 is 1.07 bits per heavy atom. The molecule has 7 heteroatoms. The van der Waals surface area contributed by atoms with Crippen molar-refractivity contribution < 1.29 is 4.39 Å². The van der Waals surface area contributed by atoms with E-state index in [1.807, 2.05) is 53.4 Å². The fourth-order valence-corrected chi connectivity index (χ4v) is 3.97. The molecular formula is C22H19FN6. The highest BCUT2D eigenvalue weighted by Gasteiger charge is 2.24. The molecule has 0 aliphatic heterocycles. The number of nitrogens with zero attached hydrogens (tertiary/aromatic N) is 5. The zero-order valence-corrected chi connectivity index (χ0v) is 16.0. The van der Waals surface area contributed by atoms with Crippen molar-refractivity contribution in [2.24, 2.45) is 0 Å². The predicted octanol–water partition coefficient (Wildman–Crippen LogP) is 4.39. The molecule has 0 amide bonds. The molecule has 1 aromatic carbocycles. The Morgan fingerprint density at radius 2 is 1.86 bits per heavy atom. The van der Waals surface area contributed by atoms with Crippen molar-refractivity contribution in [3.05, 3.63) is 78.1 Å². The number of rotatable bonds is 3. The average Bonchev–Trinajstić information content (AvgIpc) is 3.27. The van der Waals surface area contributed by atoms with Gasteiger partial charge in [-0.25, -0.2) is 19.0 Å². The number of anilines is 1. The van der Waals surface area contributed by atoms with Crippen molar-refractivity contribution >= 4 is 22.4 Å². The monoisotopic (exact) mass is 386 g/mol. The number of hydrogen-bond donors (Lipinski definition) is 1. The van der Waals surface area contributed by atoms with Crippen molar-refractivity contribution in [1.82, 2.24) is 24.1 Å². The predicted molar refractivity (Wildman–Crippen MR) is 111 cm³/mol. The molecule has 1 unspecified atom stereocenters. The van der Waals surface area contributed by atoms with E-state index in [1.54, 1.807) is 12.1 Å². The Hall–Kier alpha value is -3.74. The third-order valence-corrected chi connectivity index (χ3v) is 5.35. The van der Waals surface area contributed by atoms with Crippen molar-refractivity contribution in [2.45, 2.75) is 19.9 Å². The Balaban J connectivity index is 1.79. The van der Waals surface area contributed by atoms with Crippen LogP contribution < -0.4 is 5.73 Å². The number of pyridine rings is 1. The minimum absolute atomic E-state index is 0.199. The summed E-state index contributed by atoms with van der Waals surface area (Å²) in [5.41, 5.74) is 10.8. The van der Waals surface area contributed by atoms with E-state index in [0.29, 0.717) is 17.0 Å². The number of hydrogen-bond acceptors (Lipinski definition) is 4. The molecule has 5 aromatic rings. The first-order valence-corrected chi connectivity index (χ1v) is 9.36. The first-order chi connectivity index (χ1) is 14.1. The first kappa shape index (κ1) is 17.4. The summed E-state index contributed by atoms with van der Waals surface area (Å²) in [6, 6.07) is 14.6. The molecule has 0 fully saturated rings. The lowest BCUT2D eigenvalue weighted by atomic mass is 10.0. The van der Waals surface area contributed by atoms with Crippen molar-refractivity contribution in [1.29, 1.82) is 0 Å². The average molecular weight is 386 g/mol. The molecule has 6 nitrogen and oxygen atoms in total. The van der Waals surface area contributed by atoms with E-state index >= 15 is 0 Å². The van der Waals surface area contributed by atoms with Crippen LogP contribution in [0.15, 0.2) is 61.1 Å². The van der Waals surface area contributed by atoms with Gasteiger partial charge in [-0.15, -0.1) is 0 Å². The van der Waals surface area contributed by atoms with Crippen LogP contribution in [0.1, 0.15) is 24.2 Å². The number of nitrogen functional groups attached to an aromatic ring is 1. The van der Waals surface area contributed by atoms with E-state index in [1.165, 1.54) is 12.4 Å². The summed E-state index contributed by atoms with van der Waals surface area (Å²) < 4.78 is 18.6. The molecule has 0 bridgehead atoms. The number of aromatic nitrogens is 5. The van der Waals surface area contributed by atoms with E-state index in [9.17, 15) is 4.39 Å². The summed E-state index contributed by atoms with van der Waals surface area (Å²) in [4.78, 5) is 8.50. The van der Waals surface area contributed by atoms with Gasteiger partial charge in [0.2, 0.25) is 0 Å². The van der Waals surface area contributed by atoms with E-state index in [2.05, 4.69) is 21.1 Å². The zero-order valence-electron chi connectivity index (χ0n) is 16.0. The molecule has 0 aliphatic rings. The number of benzene rings is 1. The molecular weight excluding hydrogens is 367 g/mol. The molecule has 144 valence electrons. The van der Waals surface area contributed by atoms with Crippen molar-refractivity contribution in [3.8, 4) is 11.3 Å². The second-order valence-corrected chi connectivity index (χ2v) is 7.09. The highest BCUT2D eigenvalue weighted by atomic mass is 19.1. The maximum atomic E-state index is 14.8. The highest BCUT2D eigenvalue weighted by molar-refractivity contribution is 5.88. The molecule has 0 spiro atoms. The summed E-state index contributed by atoms with van der Waals surface area (Å²) in [5, 5.41) is 5.43. The number of fused-ring (bicyclic) bond motifs is 2. The topological polar surface area (TPSA) is 74.0 Å². The van der Waals surface area contributed by atoms with Gasteiger partial charge < -0.3 is 10.1 Å². The van der Waals surface area contributed by atoms with Crippen LogP contribution in [0.2, 0.25) is 0 Å². The van der Waals surface area contributed by atoms with E-state index in [4.69, 9.17) is 5.73 Å². The Kier molecular flexibility index (Phi) is 3.84. The maximum Gasteiger partial charge on any atom is 0.164 e. The molecule has 29 heavy (non-hydrogen) atoms. The third kappa shape index (κ3) is 2.58. The van der Waals surface area contributed by atoms with Gasteiger partial charge in [0.05, 0.1) is 22.8 Å². The first-order valence-electron chi connectivity index (χ1n) is 9.36. The second-order valence-electron chi connectivity index (χ2n) is 7.09.